The van der Waals surface area contributed by atoms with Crippen molar-refractivity contribution in [2.75, 3.05) is 13.7 Å². The first-order chi connectivity index (χ1) is 24.8. The molecule has 0 aliphatic heterocycles. The van der Waals surface area contributed by atoms with Crippen molar-refractivity contribution in [3.8, 4) is 0 Å². The van der Waals surface area contributed by atoms with Crippen LogP contribution in [0.5, 0.6) is 0 Å². The Morgan fingerprint density at radius 1 is 0.717 bits per heavy atom. The van der Waals surface area contributed by atoms with Crippen LogP contribution in [0, 0.1) is 29.2 Å². The van der Waals surface area contributed by atoms with Crippen LogP contribution >= 0.6 is 0 Å². The molecule has 16 heteroatoms. The fraction of sp³-hybridized carbons (Fsp3) is 0.514. The highest BCUT2D eigenvalue weighted by molar-refractivity contribution is 5.92. The summed E-state index contributed by atoms with van der Waals surface area (Å²) in [6, 6.07) is 3.01. The van der Waals surface area contributed by atoms with Gasteiger partial charge in [0, 0.05) is 12.1 Å². The fourth-order valence-corrected chi connectivity index (χ4v) is 5.58. The first kappa shape index (κ1) is 44.1. The third-order valence-electron chi connectivity index (χ3n) is 8.21. The van der Waals surface area contributed by atoms with Crippen molar-refractivity contribution in [2.24, 2.45) is 5.92 Å². The van der Waals surface area contributed by atoms with Crippen LogP contribution in [0.3, 0.4) is 0 Å². The molecule has 0 heterocycles. The molecule has 4 N–H and O–H groups in total. The van der Waals surface area contributed by atoms with Crippen molar-refractivity contribution in [3.63, 3.8) is 0 Å². The molecule has 1 unspecified atom stereocenters. The predicted octanol–water partition coefficient (Wildman–Crippen LogP) is 3.72. The molecule has 3 atom stereocenters. The van der Waals surface area contributed by atoms with Crippen molar-refractivity contribution in [3.05, 3.63) is 70.8 Å². The maximum absolute atomic E-state index is 13.2. The summed E-state index contributed by atoms with van der Waals surface area (Å²) in [5, 5.41) is 10.1. The largest absolute Gasteiger partial charge is 0.467 e. The molecule has 12 nitrogen and oxygen atoms in total. The molecule has 292 valence electrons. The Labute approximate surface area is 306 Å². The van der Waals surface area contributed by atoms with E-state index in [1.807, 2.05) is 0 Å². The number of benzene rings is 2. The zero-order valence-electron chi connectivity index (χ0n) is 30.7. The second kappa shape index (κ2) is 20.9. The number of amides is 4. The van der Waals surface area contributed by atoms with Crippen LogP contribution in [0.4, 0.5) is 17.6 Å². The van der Waals surface area contributed by atoms with Crippen LogP contribution in [0.25, 0.3) is 0 Å². The van der Waals surface area contributed by atoms with Gasteiger partial charge in [0.1, 0.15) is 46.9 Å². The molecule has 1 aliphatic rings. The van der Waals surface area contributed by atoms with Crippen molar-refractivity contribution in [2.45, 2.75) is 103 Å². The maximum atomic E-state index is 13.2. The van der Waals surface area contributed by atoms with E-state index < -0.39 is 82.5 Å². The number of rotatable bonds is 14. The lowest BCUT2D eigenvalue weighted by Gasteiger charge is -2.30. The van der Waals surface area contributed by atoms with Gasteiger partial charge in [0.15, 0.2) is 0 Å². The third-order valence-corrected chi connectivity index (χ3v) is 8.21. The average Bonchev–Trinajstić information content (AvgIpc) is 3.06. The maximum Gasteiger partial charge on any atom is 0.330 e. The quantitative estimate of drug-likeness (QED) is 0.167. The van der Waals surface area contributed by atoms with E-state index in [0.29, 0.717) is 6.07 Å². The van der Waals surface area contributed by atoms with Gasteiger partial charge in [-0.25, -0.2) is 27.2 Å². The second-order valence-corrected chi connectivity index (χ2v) is 13.2. The molecule has 4 amide bonds. The number of carbonyl (C=O) groups excluding carboxylic acids is 6. The van der Waals surface area contributed by atoms with Crippen LogP contribution in [0.15, 0.2) is 36.4 Å². The molecule has 0 radical (unpaired) electrons. The van der Waals surface area contributed by atoms with Crippen molar-refractivity contribution in [1.29, 1.82) is 0 Å². The van der Waals surface area contributed by atoms with Crippen molar-refractivity contribution >= 4 is 35.6 Å². The molecule has 1 saturated carbocycles. The highest BCUT2D eigenvalue weighted by atomic mass is 19.1. The van der Waals surface area contributed by atoms with E-state index >= 15 is 0 Å². The molecule has 2 aromatic carbocycles. The summed E-state index contributed by atoms with van der Waals surface area (Å²) in [5.41, 5.74) is -0.942. The first-order valence-corrected chi connectivity index (χ1v) is 17.2. The molecule has 0 saturated heterocycles. The highest BCUT2D eigenvalue weighted by Gasteiger charge is 2.34. The van der Waals surface area contributed by atoms with Crippen LogP contribution in [0.2, 0.25) is 0 Å². The van der Waals surface area contributed by atoms with Gasteiger partial charge >= 0.3 is 11.9 Å². The summed E-state index contributed by atoms with van der Waals surface area (Å²) in [5.74, 6) is -6.47. The Kier molecular flexibility index (Phi) is 17.4. The van der Waals surface area contributed by atoms with E-state index in [4.69, 9.17) is 4.74 Å². The van der Waals surface area contributed by atoms with Crippen LogP contribution in [-0.2, 0) is 51.1 Å². The lowest BCUT2D eigenvalue weighted by atomic mass is 9.83. The number of hydrogen-bond donors (Lipinski definition) is 4. The Balaban J connectivity index is 0.000000374. The van der Waals surface area contributed by atoms with Gasteiger partial charge in [-0.1, -0.05) is 19.3 Å². The van der Waals surface area contributed by atoms with E-state index in [-0.39, 0.29) is 36.5 Å². The van der Waals surface area contributed by atoms with Gasteiger partial charge in [-0.05, 0) is 88.8 Å². The molecule has 3 rings (SSSR count). The topological polar surface area (TPSA) is 169 Å². The Bertz CT molecular complexity index is 1580. The number of esters is 2. The van der Waals surface area contributed by atoms with E-state index in [9.17, 15) is 46.3 Å². The highest BCUT2D eigenvalue weighted by Crippen LogP contribution is 2.27. The molecule has 2 aromatic rings. The van der Waals surface area contributed by atoms with Gasteiger partial charge in [-0.3, -0.25) is 19.2 Å². The van der Waals surface area contributed by atoms with Crippen molar-refractivity contribution in [1.82, 2.24) is 21.3 Å². The van der Waals surface area contributed by atoms with Crippen LogP contribution < -0.4 is 21.3 Å². The third kappa shape index (κ3) is 15.2. The lowest BCUT2D eigenvalue weighted by Crippen LogP contribution is -2.56. The summed E-state index contributed by atoms with van der Waals surface area (Å²) in [6.45, 7) is 7.75. The number of nitrogens with one attached hydrogen (secondary N) is 4. The average molecular weight is 753 g/mol. The van der Waals surface area contributed by atoms with E-state index in [0.717, 1.165) is 62.4 Å². The minimum Gasteiger partial charge on any atom is -0.467 e. The molecule has 1 fully saturated rings. The zero-order chi connectivity index (χ0) is 39.9. The summed E-state index contributed by atoms with van der Waals surface area (Å²) in [6.07, 6.45) is 4.20. The van der Waals surface area contributed by atoms with Crippen LogP contribution in [-0.4, -0.2) is 72.9 Å². The SMILES string of the molecule is CCOC(=O)C(NC(=O)[C@H](C)NC(=O)Cc1cc(F)cc(F)c1)C1CCCCC1.COC(=O)C(C)(C)NC(=O)[C@H](C)NC(=O)Cc1cc(F)cc(F)c1. The number of hydrogen-bond acceptors (Lipinski definition) is 8. The van der Waals surface area contributed by atoms with Crippen molar-refractivity contribution < 1.29 is 55.8 Å². The van der Waals surface area contributed by atoms with E-state index in [2.05, 4.69) is 26.0 Å². The Hall–Kier alpha value is -5.02. The summed E-state index contributed by atoms with van der Waals surface area (Å²) >= 11 is 0. The van der Waals surface area contributed by atoms with Gasteiger partial charge in [0.05, 0.1) is 26.6 Å². The van der Waals surface area contributed by atoms with Gasteiger partial charge in [0.2, 0.25) is 23.6 Å². The molecular formula is C37H48F4N4O8. The number of halogens is 4. The normalized spacial score (nSPS) is 14.6. The van der Waals surface area contributed by atoms with Gasteiger partial charge in [-0.15, -0.1) is 0 Å². The minimum atomic E-state index is -1.25. The smallest absolute Gasteiger partial charge is 0.330 e. The Morgan fingerprint density at radius 2 is 1.15 bits per heavy atom. The van der Waals surface area contributed by atoms with Gasteiger partial charge in [0.25, 0.3) is 0 Å². The summed E-state index contributed by atoms with van der Waals surface area (Å²) in [4.78, 5) is 72.4. The Morgan fingerprint density at radius 3 is 1.57 bits per heavy atom. The monoisotopic (exact) mass is 752 g/mol. The molecule has 1 aliphatic carbocycles. The molecule has 0 spiro atoms. The molecular weight excluding hydrogens is 704 g/mol. The van der Waals surface area contributed by atoms with Crippen LogP contribution in [0.1, 0.15) is 77.8 Å². The van der Waals surface area contributed by atoms with E-state index in [1.165, 1.54) is 34.8 Å². The standard InChI is InChI=1S/C21H28F2N2O4.C16H20F2N2O4/c1-3-29-21(28)19(15-7-5-4-6-8-15)25-20(27)13(2)24-18(26)11-14-9-16(22)12-17(23)10-14;1-9(14(22)20-16(2,3)15(23)24-4)19-13(21)7-10-5-11(17)8-12(18)6-10/h9-10,12-13,15,19H,3-8,11H2,1-2H3,(H,24,26)(H,25,27);5-6,8-9H,7H2,1-4H3,(H,19,21)(H,20,22)/t13-,19?;9-/m00/s1. The zero-order valence-corrected chi connectivity index (χ0v) is 30.7. The number of ether oxygens (including phenoxy) is 2. The van der Waals surface area contributed by atoms with Gasteiger partial charge < -0.3 is 30.7 Å². The first-order valence-electron chi connectivity index (χ1n) is 17.2. The minimum absolute atomic E-state index is 0.00456. The summed E-state index contributed by atoms with van der Waals surface area (Å²) in [7, 11) is 1.19. The molecule has 0 bridgehead atoms. The number of carbonyl (C=O) groups is 6. The van der Waals surface area contributed by atoms with Gasteiger partial charge in [-0.2, -0.15) is 0 Å². The predicted molar refractivity (Wildman–Crippen MR) is 185 cm³/mol. The lowest BCUT2D eigenvalue weighted by molar-refractivity contribution is -0.150. The second-order valence-electron chi connectivity index (χ2n) is 13.2. The van der Waals surface area contributed by atoms with E-state index in [1.54, 1.807) is 6.92 Å². The number of methoxy groups -OCH3 is 1. The molecule has 53 heavy (non-hydrogen) atoms. The summed E-state index contributed by atoms with van der Waals surface area (Å²) < 4.78 is 62.3. The fourth-order valence-electron chi connectivity index (χ4n) is 5.58. The molecule has 0 aromatic heterocycles.